The van der Waals surface area contributed by atoms with Gasteiger partial charge in [0.05, 0.1) is 25.3 Å². The van der Waals surface area contributed by atoms with E-state index in [0.29, 0.717) is 49.3 Å². The van der Waals surface area contributed by atoms with Gasteiger partial charge in [-0.25, -0.2) is 0 Å². The van der Waals surface area contributed by atoms with Crippen LogP contribution in [0.15, 0.2) is 65.1 Å². The van der Waals surface area contributed by atoms with Gasteiger partial charge in [0.1, 0.15) is 5.75 Å². The minimum atomic E-state index is -2.01. The molecule has 4 rings (SSSR count). The molecule has 0 aliphatic carbocycles. The zero-order valence-electron chi connectivity index (χ0n) is 17.6. The standard InChI is InChI=1S/C25H20BrCl2NO4/c1-2-33-19-8-4-15(5-9-19)23(30)13-25(32)20-11-17(26)6-10-22(20)29(24(25)31)14-16-3-7-18(27)12-21(16)28/h3-12,32H,2,13-14H2,1H3. The first-order valence-electron chi connectivity index (χ1n) is 10.3. The van der Waals surface area contributed by atoms with E-state index in [2.05, 4.69) is 15.9 Å². The second-order valence-electron chi connectivity index (χ2n) is 7.71. The van der Waals surface area contributed by atoms with Gasteiger partial charge in [0.15, 0.2) is 11.4 Å². The van der Waals surface area contributed by atoms with Crippen molar-refractivity contribution in [3.8, 4) is 5.75 Å². The summed E-state index contributed by atoms with van der Waals surface area (Å²) in [7, 11) is 0. The largest absolute Gasteiger partial charge is 0.494 e. The first-order valence-corrected chi connectivity index (χ1v) is 11.8. The number of amides is 1. The summed E-state index contributed by atoms with van der Waals surface area (Å²) in [6, 6.07) is 16.8. The van der Waals surface area contributed by atoms with Crippen molar-refractivity contribution >= 4 is 56.5 Å². The number of benzene rings is 3. The lowest BCUT2D eigenvalue weighted by atomic mass is 9.88. The molecule has 0 radical (unpaired) electrons. The summed E-state index contributed by atoms with van der Waals surface area (Å²) in [6.45, 7) is 2.52. The lowest BCUT2D eigenvalue weighted by Crippen LogP contribution is -2.41. The quantitative estimate of drug-likeness (QED) is 0.359. The van der Waals surface area contributed by atoms with Gasteiger partial charge in [0.2, 0.25) is 0 Å². The second kappa shape index (κ2) is 9.47. The van der Waals surface area contributed by atoms with Crippen LogP contribution in [0.3, 0.4) is 0 Å². The molecular formula is C25H20BrCl2NO4. The molecule has 5 nitrogen and oxygen atoms in total. The summed E-state index contributed by atoms with van der Waals surface area (Å²) in [4.78, 5) is 28.0. The van der Waals surface area contributed by atoms with Crippen molar-refractivity contribution in [1.82, 2.24) is 0 Å². The highest BCUT2D eigenvalue weighted by molar-refractivity contribution is 9.10. The Hall–Kier alpha value is -2.38. The van der Waals surface area contributed by atoms with Crippen LogP contribution in [-0.4, -0.2) is 23.4 Å². The number of aliphatic hydroxyl groups is 1. The van der Waals surface area contributed by atoms with E-state index in [4.69, 9.17) is 27.9 Å². The Labute approximate surface area is 210 Å². The molecule has 3 aromatic rings. The number of anilines is 1. The Morgan fingerprint density at radius 2 is 1.82 bits per heavy atom. The van der Waals surface area contributed by atoms with Crippen molar-refractivity contribution in [2.24, 2.45) is 0 Å². The number of carbonyl (C=O) groups excluding carboxylic acids is 2. The lowest BCUT2D eigenvalue weighted by molar-refractivity contribution is -0.136. The van der Waals surface area contributed by atoms with E-state index in [1.54, 1.807) is 60.7 Å². The van der Waals surface area contributed by atoms with E-state index in [9.17, 15) is 14.7 Å². The number of hydrogen-bond donors (Lipinski definition) is 1. The highest BCUT2D eigenvalue weighted by Gasteiger charge is 2.51. The molecule has 1 atom stereocenters. The van der Waals surface area contributed by atoms with Crippen LogP contribution in [-0.2, 0) is 16.9 Å². The lowest BCUT2D eigenvalue weighted by Gasteiger charge is -2.23. The molecule has 1 amide bonds. The van der Waals surface area contributed by atoms with Crippen LogP contribution < -0.4 is 9.64 Å². The van der Waals surface area contributed by atoms with Gasteiger partial charge in [-0.3, -0.25) is 9.59 Å². The summed E-state index contributed by atoms with van der Waals surface area (Å²) >= 11 is 15.7. The highest BCUT2D eigenvalue weighted by Crippen LogP contribution is 2.45. The van der Waals surface area contributed by atoms with Gasteiger partial charge in [-0.05, 0) is 67.1 Å². The van der Waals surface area contributed by atoms with Gasteiger partial charge in [0, 0.05) is 25.6 Å². The molecule has 0 bridgehead atoms. The molecule has 0 spiro atoms. The maximum Gasteiger partial charge on any atom is 0.264 e. The second-order valence-corrected chi connectivity index (χ2v) is 9.47. The van der Waals surface area contributed by atoms with Crippen molar-refractivity contribution in [2.45, 2.75) is 25.5 Å². The minimum absolute atomic E-state index is 0.128. The molecule has 0 aromatic heterocycles. The molecular weight excluding hydrogens is 529 g/mol. The molecule has 3 aromatic carbocycles. The Kier molecular flexibility index (Phi) is 6.82. The zero-order chi connectivity index (χ0) is 23.8. The molecule has 1 heterocycles. The fraction of sp³-hybridized carbons (Fsp3) is 0.200. The van der Waals surface area contributed by atoms with Crippen molar-refractivity contribution in [3.05, 3.63) is 91.9 Å². The predicted octanol–water partition coefficient (Wildman–Crippen LogP) is 6.16. The van der Waals surface area contributed by atoms with E-state index in [1.807, 2.05) is 6.92 Å². The van der Waals surface area contributed by atoms with E-state index in [0.717, 1.165) is 0 Å². The maximum absolute atomic E-state index is 13.5. The SMILES string of the molecule is CCOc1ccc(C(=O)CC2(O)C(=O)N(Cc3ccc(Cl)cc3Cl)c3ccc(Br)cc32)cc1. The molecule has 33 heavy (non-hydrogen) atoms. The third-order valence-electron chi connectivity index (χ3n) is 5.54. The Morgan fingerprint density at radius 3 is 2.48 bits per heavy atom. The number of ketones is 1. The smallest absolute Gasteiger partial charge is 0.264 e. The average molecular weight is 549 g/mol. The van der Waals surface area contributed by atoms with Crippen LogP contribution in [0, 0.1) is 0 Å². The average Bonchev–Trinajstić information content (AvgIpc) is 2.97. The van der Waals surface area contributed by atoms with Crippen molar-refractivity contribution < 1.29 is 19.4 Å². The third kappa shape index (κ3) is 4.66. The first-order chi connectivity index (χ1) is 15.7. The monoisotopic (exact) mass is 547 g/mol. The Balaban J connectivity index is 1.66. The van der Waals surface area contributed by atoms with E-state index in [-0.39, 0.29) is 12.3 Å². The summed E-state index contributed by atoms with van der Waals surface area (Å²) in [5.74, 6) is -0.294. The van der Waals surface area contributed by atoms with Gasteiger partial charge in [-0.2, -0.15) is 0 Å². The molecule has 8 heteroatoms. The van der Waals surface area contributed by atoms with Gasteiger partial charge >= 0.3 is 0 Å². The van der Waals surface area contributed by atoms with Crippen molar-refractivity contribution in [2.75, 3.05) is 11.5 Å². The molecule has 0 saturated carbocycles. The molecule has 1 N–H and O–H groups in total. The number of halogens is 3. The zero-order valence-corrected chi connectivity index (χ0v) is 20.7. The first kappa shape index (κ1) is 23.8. The fourth-order valence-electron chi connectivity index (χ4n) is 3.91. The molecule has 1 unspecified atom stereocenters. The summed E-state index contributed by atoms with van der Waals surface area (Å²) in [5, 5.41) is 12.5. The topological polar surface area (TPSA) is 66.8 Å². The van der Waals surface area contributed by atoms with E-state index in [1.165, 1.54) is 4.90 Å². The van der Waals surface area contributed by atoms with Gasteiger partial charge in [0.25, 0.3) is 5.91 Å². The highest BCUT2D eigenvalue weighted by atomic mass is 79.9. The van der Waals surface area contributed by atoms with Crippen molar-refractivity contribution in [3.63, 3.8) is 0 Å². The number of Topliss-reactive ketones (excluding diaryl/α,β-unsaturated/α-hetero) is 1. The number of fused-ring (bicyclic) bond motifs is 1. The molecule has 0 fully saturated rings. The fourth-order valence-corrected chi connectivity index (χ4v) is 4.74. The molecule has 1 aliphatic rings. The summed E-state index contributed by atoms with van der Waals surface area (Å²) in [5.41, 5.74) is -0.0588. The van der Waals surface area contributed by atoms with Crippen LogP contribution in [0.25, 0.3) is 0 Å². The van der Waals surface area contributed by atoms with E-state index < -0.39 is 17.9 Å². The number of rotatable bonds is 7. The van der Waals surface area contributed by atoms with Crippen LogP contribution in [0.5, 0.6) is 5.75 Å². The molecule has 0 saturated heterocycles. The van der Waals surface area contributed by atoms with E-state index >= 15 is 0 Å². The summed E-state index contributed by atoms with van der Waals surface area (Å²) < 4.78 is 6.10. The Bertz CT molecular complexity index is 1230. The minimum Gasteiger partial charge on any atom is -0.494 e. The van der Waals surface area contributed by atoms with Crippen LogP contribution >= 0.6 is 39.1 Å². The third-order valence-corrected chi connectivity index (χ3v) is 6.62. The number of hydrogen-bond acceptors (Lipinski definition) is 4. The van der Waals surface area contributed by atoms with Crippen LogP contribution in [0.2, 0.25) is 10.0 Å². The number of nitrogens with zero attached hydrogens (tertiary/aromatic N) is 1. The Morgan fingerprint density at radius 1 is 1.09 bits per heavy atom. The summed E-state index contributed by atoms with van der Waals surface area (Å²) in [6.07, 6.45) is -0.395. The number of ether oxygens (including phenoxy) is 1. The molecule has 1 aliphatic heterocycles. The normalized spacial score (nSPS) is 17.2. The maximum atomic E-state index is 13.5. The van der Waals surface area contributed by atoms with Crippen LogP contribution in [0.4, 0.5) is 5.69 Å². The molecule has 170 valence electrons. The van der Waals surface area contributed by atoms with Crippen molar-refractivity contribution in [1.29, 1.82) is 0 Å². The van der Waals surface area contributed by atoms with Gasteiger partial charge in [-0.1, -0.05) is 45.2 Å². The predicted molar refractivity (Wildman–Crippen MR) is 132 cm³/mol. The van der Waals surface area contributed by atoms with Gasteiger partial charge < -0.3 is 14.7 Å². The number of carbonyl (C=O) groups is 2. The van der Waals surface area contributed by atoms with Gasteiger partial charge in [-0.15, -0.1) is 0 Å². The van der Waals surface area contributed by atoms with Crippen LogP contribution in [0.1, 0.15) is 34.8 Å².